The molecule has 0 heterocycles. The van der Waals surface area contributed by atoms with Crippen LogP contribution < -0.4 is 15.4 Å². The van der Waals surface area contributed by atoms with Crippen molar-refractivity contribution in [2.75, 3.05) is 53.7 Å². The van der Waals surface area contributed by atoms with Crippen molar-refractivity contribution in [1.29, 1.82) is 0 Å². The summed E-state index contributed by atoms with van der Waals surface area (Å²) in [4.78, 5) is 4.16. The molecule has 0 unspecified atom stereocenters. The monoisotopic (exact) mass is 553 g/mol. The van der Waals surface area contributed by atoms with Gasteiger partial charge in [-0.15, -0.1) is 24.0 Å². The molecule has 1 rings (SSSR count). The van der Waals surface area contributed by atoms with Gasteiger partial charge in [-0.2, -0.15) is 0 Å². The number of benzene rings is 1. The lowest BCUT2D eigenvalue weighted by atomic mass is 10.3. The first-order chi connectivity index (χ1) is 12.6. The second-order valence-corrected chi connectivity index (χ2v) is 6.54. The van der Waals surface area contributed by atoms with Crippen molar-refractivity contribution in [3.05, 3.63) is 27.2 Å². The van der Waals surface area contributed by atoms with Crippen molar-refractivity contribution >= 4 is 64.7 Å². The summed E-state index contributed by atoms with van der Waals surface area (Å²) in [5, 5.41) is 7.64. The Hall–Kier alpha value is -0.190. The third-order valence-corrected chi connectivity index (χ3v) is 4.05. The molecule has 0 spiro atoms. The second kappa shape index (κ2) is 16.7. The number of methoxy groups -OCH3 is 1. The number of guanidine groups is 1. The highest BCUT2D eigenvalue weighted by molar-refractivity contribution is 14.0. The van der Waals surface area contributed by atoms with Gasteiger partial charge in [-0.05, 0) is 25.0 Å². The molecular weight excluding hydrogens is 527 g/mol. The molecular formula is C17H27Cl3IN3O3. The van der Waals surface area contributed by atoms with Gasteiger partial charge in [-0.1, -0.05) is 34.8 Å². The van der Waals surface area contributed by atoms with Crippen LogP contribution in [0.5, 0.6) is 5.75 Å². The van der Waals surface area contributed by atoms with E-state index >= 15 is 0 Å². The average molecular weight is 555 g/mol. The van der Waals surface area contributed by atoms with Gasteiger partial charge < -0.3 is 24.8 Å². The summed E-state index contributed by atoms with van der Waals surface area (Å²) in [7, 11) is 3.38. The fourth-order valence-electron chi connectivity index (χ4n) is 1.99. The number of nitrogens with zero attached hydrogens (tertiary/aromatic N) is 1. The summed E-state index contributed by atoms with van der Waals surface area (Å²) in [6.45, 7) is 3.73. The van der Waals surface area contributed by atoms with E-state index in [-0.39, 0.29) is 24.0 Å². The summed E-state index contributed by atoms with van der Waals surface area (Å²) in [5.41, 5.74) is 0. The van der Waals surface area contributed by atoms with Crippen molar-refractivity contribution in [2.45, 2.75) is 12.8 Å². The van der Waals surface area contributed by atoms with E-state index in [0.717, 1.165) is 26.0 Å². The lowest BCUT2D eigenvalue weighted by molar-refractivity contribution is 0.0689. The maximum Gasteiger partial charge on any atom is 0.191 e. The SMILES string of the molecule is CN=C(NCCCCOCCOC)NCCOc1c(Cl)cc(Cl)cc1Cl.I. The van der Waals surface area contributed by atoms with Gasteiger partial charge in [0.15, 0.2) is 11.7 Å². The number of rotatable bonds is 12. The quantitative estimate of drug-likeness (QED) is 0.175. The van der Waals surface area contributed by atoms with Crippen LogP contribution in [0.4, 0.5) is 0 Å². The maximum absolute atomic E-state index is 6.07. The number of hydrogen-bond donors (Lipinski definition) is 2. The Bertz CT molecular complexity index is 542. The van der Waals surface area contributed by atoms with E-state index in [4.69, 9.17) is 49.0 Å². The first-order valence-electron chi connectivity index (χ1n) is 8.37. The van der Waals surface area contributed by atoms with Crippen LogP contribution in [0, 0.1) is 0 Å². The van der Waals surface area contributed by atoms with E-state index in [0.29, 0.717) is 53.1 Å². The Labute approximate surface area is 193 Å². The first-order valence-corrected chi connectivity index (χ1v) is 9.50. The largest absolute Gasteiger partial charge is 0.489 e. The molecule has 156 valence electrons. The molecule has 1 aromatic rings. The highest BCUT2D eigenvalue weighted by atomic mass is 127. The molecule has 0 aromatic heterocycles. The van der Waals surface area contributed by atoms with E-state index in [1.165, 1.54) is 0 Å². The Kier molecular flexibility index (Phi) is 16.6. The molecule has 6 nitrogen and oxygen atoms in total. The zero-order valence-corrected chi connectivity index (χ0v) is 20.1. The van der Waals surface area contributed by atoms with E-state index < -0.39 is 0 Å². The molecule has 27 heavy (non-hydrogen) atoms. The van der Waals surface area contributed by atoms with E-state index in [1.807, 2.05) is 0 Å². The molecule has 0 aliphatic heterocycles. The van der Waals surface area contributed by atoms with E-state index in [1.54, 1.807) is 26.3 Å². The van der Waals surface area contributed by atoms with Crippen LogP contribution in [-0.4, -0.2) is 59.6 Å². The molecule has 2 N–H and O–H groups in total. The maximum atomic E-state index is 6.07. The minimum absolute atomic E-state index is 0. The summed E-state index contributed by atoms with van der Waals surface area (Å²) >= 11 is 18.0. The van der Waals surface area contributed by atoms with Gasteiger partial charge in [-0.25, -0.2) is 0 Å². The molecule has 0 saturated carbocycles. The highest BCUT2D eigenvalue weighted by Gasteiger charge is 2.09. The fourth-order valence-corrected chi connectivity index (χ4v) is 2.92. The van der Waals surface area contributed by atoms with Gasteiger partial charge in [0.05, 0.1) is 29.8 Å². The second-order valence-electron chi connectivity index (χ2n) is 5.29. The van der Waals surface area contributed by atoms with E-state index in [2.05, 4.69) is 15.6 Å². The van der Waals surface area contributed by atoms with Crippen LogP contribution >= 0.6 is 58.8 Å². The Balaban J connectivity index is 0.00000676. The minimum atomic E-state index is 0. The van der Waals surface area contributed by atoms with Crippen LogP contribution in [0.3, 0.4) is 0 Å². The van der Waals surface area contributed by atoms with Crippen LogP contribution in [0.25, 0.3) is 0 Å². The summed E-state index contributed by atoms with van der Waals surface area (Å²) in [6, 6.07) is 3.19. The molecule has 1 aromatic carbocycles. The molecule has 0 aliphatic carbocycles. The number of halogens is 4. The van der Waals surface area contributed by atoms with Gasteiger partial charge in [0.1, 0.15) is 6.61 Å². The van der Waals surface area contributed by atoms with Gasteiger partial charge in [0.25, 0.3) is 0 Å². The van der Waals surface area contributed by atoms with Gasteiger partial charge >= 0.3 is 0 Å². The molecule has 10 heteroatoms. The summed E-state index contributed by atoms with van der Waals surface area (Å²) in [5.74, 6) is 1.14. The van der Waals surface area contributed by atoms with Crippen molar-refractivity contribution in [1.82, 2.24) is 10.6 Å². The Morgan fingerprint density at radius 3 is 2.26 bits per heavy atom. The molecule has 0 saturated heterocycles. The van der Waals surface area contributed by atoms with Crippen LogP contribution in [0.2, 0.25) is 15.1 Å². The molecule has 0 aliphatic rings. The van der Waals surface area contributed by atoms with E-state index in [9.17, 15) is 0 Å². The molecule has 0 fully saturated rings. The third kappa shape index (κ3) is 12.1. The molecule has 0 radical (unpaired) electrons. The van der Waals surface area contributed by atoms with Crippen LogP contribution in [0.1, 0.15) is 12.8 Å². The summed E-state index contributed by atoms with van der Waals surface area (Å²) < 4.78 is 15.9. The smallest absolute Gasteiger partial charge is 0.191 e. The number of unbranched alkanes of at least 4 members (excludes halogenated alkanes) is 1. The lowest BCUT2D eigenvalue weighted by Gasteiger charge is -2.14. The first kappa shape index (κ1) is 26.8. The minimum Gasteiger partial charge on any atom is -0.489 e. The number of hydrogen-bond acceptors (Lipinski definition) is 4. The lowest BCUT2D eigenvalue weighted by Crippen LogP contribution is -2.39. The molecule has 0 amide bonds. The predicted octanol–water partition coefficient (Wildman–Crippen LogP) is 4.25. The predicted molar refractivity (Wildman–Crippen MR) is 124 cm³/mol. The number of aliphatic imine (C=N–C) groups is 1. The fraction of sp³-hybridized carbons (Fsp3) is 0.588. The van der Waals surface area contributed by atoms with Crippen molar-refractivity contribution in [3.63, 3.8) is 0 Å². The molecule has 0 atom stereocenters. The van der Waals surface area contributed by atoms with Crippen molar-refractivity contribution in [3.8, 4) is 5.75 Å². The van der Waals surface area contributed by atoms with Gasteiger partial charge in [0, 0.05) is 32.3 Å². The topological polar surface area (TPSA) is 64.1 Å². The van der Waals surface area contributed by atoms with Crippen molar-refractivity contribution in [2.24, 2.45) is 4.99 Å². The Morgan fingerprint density at radius 2 is 1.63 bits per heavy atom. The van der Waals surface area contributed by atoms with Gasteiger partial charge in [0.2, 0.25) is 0 Å². The zero-order chi connectivity index (χ0) is 19.2. The highest BCUT2D eigenvalue weighted by Crippen LogP contribution is 2.35. The summed E-state index contributed by atoms with van der Waals surface area (Å²) in [6.07, 6.45) is 1.96. The van der Waals surface area contributed by atoms with Crippen molar-refractivity contribution < 1.29 is 14.2 Å². The average Bonchev–Trinajstić information content (AvgIpc) is 2.60. The number of nitrogens with one attached hydrogen (secondary N) is 2. The molecule has 0 bridgehead atoms. The standard InChI is InChI=1S/C17H26Cl3N3O3.HI/c1-21-17(22-5-3-4-7-25-10-9-24-2)23-6-8-26-16-14(19)11-13(18)12-15(16)20;/h11-12H,3-10H2,1-2H3,(H2,21,22,23);1H. The van der Waals surface area contributed by atoms with Crippen LogP contribution in [-0.2, 0) is 9.47 Å². The zero-order valence-electron chi connectivity index (χ0n) is 15.5. The normalized spacial score (nSPS) is 11.1. The Morgan fingerprint density at radius 1 is 0.963 bits per heavy atom. The third-order valence-electron chi connectivity index (χ3n) is 3.27. The van der Waals surface area contributed by atoms with Crippen LogP contribution in [0.15, 0.2) is 17.1 Å². The number of ether oxygens (including phenoxy) is 3. The van der Waals surface area contributed by atoms with Gasteiger partial charge in [-0.3, -0.25) is 4.99 Å².